The first-order valence-electron chi connectivity index (χ1n) is 7.55. The zero-order chi connectivity index (χ0) is 14.4. The number of halogens is 1. The van der Waals surface area contributed by atoms with E-state index in [-0.39, 0.29) is 0 Å². The largest absolute Gasteiger partial charge is 0.507 e. The van der Waals surface area contributed by atoms with Gasteiger partial charge < -0.3 is 15.3 Å². The molecule has 1 unspecified atom stereocenters. The molecule has 0 saturated carbocycles. The Balaban J connectivity index is 1.67. The lowest BCUT2D eigenvalue weighted by Crippen LogP contribution is -2.36. The van der Waals surface area contributed by atoms with E-state index in [0.717, 1.165) is 17.6 Å². The highest BCUT2D eigenvalue weighted by atomic mass is 79.9. The Morgan fingerprint density at radius 1 is 1.30 bits per heavy atom. The summed E-state index contributed by atoms with van der Waals surface area (Å²) < 4.78 is 0.762. The fraction of sp³-hybridized carbons (Fsp3) is 0.625. The van der Waals surface area contributed by atoms with Crippen molar-refractivity contribution in [2.45, 2.75) is 32.7 Å². The Kier molecular flexibility index (Phi) is 6.33. The maximum Gasteiger partial charge on any atom is 0.129 e. The van der Waals surface area contributed by atoms with E-state index in [1.807, 2.05) is 12.1 Å². The van der Waals surface area contributed by atoms with Crippen LogP contribution in [0.1, 0.15) is 31.7 Å². The number of hydrogen-bond donors (Lipinski definition) is 2. The van der Waals surface area contributed by atoms with Crippen molar-refractivity contribution in [3.8, 4) is 5.75 Å². The van der Waals surface area contributed by atoms with Gasteiger partial charge in [-0.2, -0.15) is 0 Å². The fourth-order valence-corrected chi connectivity index (χ4v) is 3.20. The molecule has 2 rings (SSSR count). The molecule has 3 nitrogen and oxygen atoms in total. The Labute approximate surface area is 130 Å². The number of hydrogen-bond acceptors (Lipinski definition) is 3. The Morgan fingerprint density at radius 2 is 2.05 bits per heavy atom. The molecule has 1 fully saturated rings. The summed E-state index contributed by atoms with van der Waals surface area (Å²) in [6.07, 6.45) is 4.13. The van der Waals surface area contributed by atoms with E-state index in [9.17, 15) is 5.11 Å². The molecule has 1 aliphatic heterocycles. The van der Waals surface area contributed by atoms with Crippen molar-refractivity contribution in [3.63, 3.8) is 0 Å². The van der Waals surface area contributed by atoms with Gasteiger partial charge >= 0.3 is 0 Å². The number of benzene rings is 1. The second-order valence-electron chi connectivity index (χ2n) is 5.88. The van der Waals surface area contributed by atoms with Gasteiger partial charge in [0.1, 0.15) is 5.75 Å². The zero-order valence-electron chi connectivity index (χ0n) is 12.2. The molecule has 0 aliphatic carbocycles. The average Bonchev–Trinajstić information content (AvgIpc) is 2.44. The molecule has 0 spiro atoms. The molecule has 1 heterocycles. The first-order chi connectivity index (χ1) is 9.65. The smallest absolute Gasteiger partial charge is 0.129 e. The van der Waals surface area contributed by atoms with Crippen molar-refractivity contribution in [2.75, 3.05) is 26.2 Å². The second-order valence-corrected chi connectivity index (χ2v) is 6.74. The predicted octanol–water partition coefficient (Wildman–Crippen LogP) is 3.37. The van der Waals surface area contributed by atoms with Gasteiger partial charge in [0.05, 0.1) is 4.47 Å². The minimum atomic E-state index is 0.298. The Hall–Kier alpha value is -0.580. The molecule has 1 aromatic rings. The van der Waals surface area contributed by atoms with Gasteiger partial charge in [0.2, 0.25) is 0 Å². The van der Waals surface area contributed by atoms with Crippen LogP contribution in [-0.4, -0.2) is 36.2 Å². The molecule has 1 aliphatic rings. The monoisotopic (exact) mass is 340 g/mol. The summed E-state index contributed by atoms with van der Waals surface area (Å²) in [5.41, 5.74) is 1.19. The van der Waals surface area contributed by atoms with Gasteiger partial charge in [0, 0.05) is 13.1 Å². The van der Waals surface area contributed by atoms with Crippen LogP contribution in [0.25, 0.3) is 0 Å². The number of nitrogens with one attached hydrogen (secondary N) is 1. The van der Waals surface area contributed by atoms with Gasteiger partial charge in [-0.3, -0.25) is 0 Å². The van der Waals surface area contributed by atoms with Crippen LogP contribution in [0.2, 0.25) is 0 Å². The lowest BCUT2D eigenvalue weighted by molar-refractivity contribution is 0.199. The fourth-order valence-electron chi connectivity index (χ4n) is 2.77. The third kappa shape index (κ3) is 5.08. The number of phenols is 1. The summed E-state index contributed by atoms with van der Waals surface area (Å²) in [5, 5.41) is 13.0. The first-order valence-corrected chi connectivity index (χ1v) is 8.35. The lowest BCUT2D eigenvalue weighted by Gasteiger charge is -2.29. The number of nitrogens with zero attached hydrogens (tertiary/aromatic N) is 1. The van der Waals surface area contributed by atoms with E-state index in [1.54, 1.807) is 6.07 Å². The highest BCUT2D eigenvalue weighted by Gasteiger charge is 2.13. The quantitative estimate of drug-likeness (QED) is 0.833. The van der Waals surface area contributed by atoms with Crippen molar-refractivity contribution < 1.29 is 5.11 Å². The zero-order valence-corrected chi connectivity index (χ0v) is 13.8. The number of piperidine rings is 1. The van der Waals surface area contributed by atoms with Crippen molar-refractivity contribution in [1.82, 2.24) is 10.2 Å². The van der Waals surface area contributed by atoms with Gasteiger partial charge in [0.15, 0.2) is 0 Å². The summed E-state index contributed by atoms with van der Waals surface area (Å²) in [6.45, 7) is 7.95. The van der Waals surface area contributed by atoms with Gasteiger partial charge in [0.25, 0.3) is 0 Å². The highest BCUT2D eigenvalue weighted by Crippen LogP contribution is 2.24. The molecule has 2 N–H and O–H groups in total. The van der Waals surface area contributed by atoms with Crippen molar-refractivity contribution in [3.05, 3.63) is 28.2 Å². The minimum Gasteiger partial charge on any atom is -0.507 e. The van der Waals surface area contributed by atoms with E-state index in [4.69, 9.17) is 0 Å². The highest BCUT2D eigenvalue weighted by molar-refractivity contribution is 9.10. The van der Waals surface area contributed by atoms with E-state index in [0.29, 0.717) is 11.7 Å². The lowest BCUT2D eigenvalue weighted by atomic mass is 10.1. The van der Waals surface area contributed by atoms with Crippen molar-refractivity contribution >= 4 is 15.9 Å². The van der Waals surface area contributed by atoms with Gasteiger partial charge in [-0.05, 0) is 72.0 Å². The first kappa shape index (κ1) is 15.8. The summed E-state index contributed by atoms with van der Waals surface area (Å²) in [5.74, 6) is 0.973. The summed E-state index contributed by atoms with van der Waals surface area (Å²) in [7, 11) is 0. The number of rotatable bonds is 6. The third-order valence-corrected chi connectivity index (χ3v) is 4.49. The van der Waals surface area contributed by atoms with Crippen molar-refractivity contribution in [1.29, 1.82) is 0 Å². The van der Waals surface area contributed by atoms with Gasteiger partial charge in [-0.15, -0.1) is 0 Å². The van der Waals surface area contributed by atoms with Crippen LogP contribution in [0.15, 0.2) is 22.7 Å². The summed E-state index contributed by atoms with van der Waals surface area (Å²) in [4.78, 5) is 2.59. The van der Waals surface area contributed by atoms with E-state index in [2.05, 4.69) is 33.1 Å². The Bertz CT molecular complexity index is 419. The van der Waals surface area contributed by atoms with Crippen LogP contribution in [0, 0.1) is 5.92 Å². The molecule has 20 heavy (non-hydrogen) atoms. The topological polar surface area (TPSA) is 35.5 Å². The van der Waals surface area contributed by atoms with Gasteiger partial charge in [-0.25, -0.2) is 0 Å². The minimum absolute atomic E-state index is 0.298. The maximum atomic E-state index is 9.47. The molecule has 0 bridgehead atoms. The Morgan fingerprint density at radius 3 is 2.75 bits per heavy atom. The van der Waals surface area contributed by atoms with E-state index < -0.39 is 0 Å². The molecule has 1 saturated heterocycles. The van der Waals surface area contributed by atoms with E-state index in [1.165, 1.54) is 44.5 Å². The molecule has 1 aromatic carbocycles. The van der Waals surface area contributed by atoms with Crippen LogP contribution in [0.4, 0.5) is 0 Å². The normalized spacial score (nSPS) is 18.1. The maximum absolute atomic E-state index is 9.47. The van der Waals surface area contributed by atoms with Crippen LogP contribution < -0.4 is 5.32 Å². The van der Waals surface area contributed by atoms with E-state index >= 15 is 0 Å². The van der Waals surface area contributed by atoms with Gasteiger partial charge in [-0.1, -0.05) is 19.4 Å². The molecule has 1 atom stereocenters. The number of likely N-dealkylation sites (tertiary alicyclic amines) is 1. The molecule has 0 radical (unpaired) electrons. The molecule has 112 valence electrons. The molecule has 0 amide bonds. The van der Waals surface area contributed by atoms with Crippen LogP contribution in [-0.2, 0) is 6.54 Å². The van der Waals surface area contributed by atoms with Crippen LogP contribution >= 0.6 is 15.9 Å². The molecular weight excluding hydrogens is 316 g/mol. The average molecular weight is 341 g/mol. The molecule has 4 heteroatoms. The van der Waals surface area contributed by atoms with Crippen LogP contribution in [0.5, 0.6) is 5.75 Å². The predicted molar refractivity (Wildman–Crippen MR) is 87.0 cm³/mol. The SMILES string of the molecule is CC(CNCc1ccc(O)c(Br)c1)CN1CCCCC1. The second kappa shape index (κ2) is 8.01. The van der Waals surface area contributed by atoms with Crippen molar-refractivity contribution in [2.24, 2.45) is 5.92 Å². The number of aromatic hydroxyl groups is 1. The molecular formula is C16H25BrN2O. The third-order valence-electron chi connectivity index (χ3n) is 3.85. The summed E-state index contributed by atoms with van der Waals surface area (Å²) >= 11 is 3.35. The van der Waals surface area contributed by atoms with Crippen LogP contribution in [0.3, 0.4) is 0 Å². The number of phenolic OH excluding ortho intramolecular Hbond substituents is 1. The molecule has 0 aromatic heterocycles. The standard InChI is InChI=1S/C16H25BrN2O/c1-13(12-19-7-3-2-4-8-19)10-18-11-14-5-6-16(20)15(17)9-14/h5-6,9,13,18,20H,2-4,7-8,10-12H2,1H3. The summed E-state index contributed by atoms with van der Waals surface area (Å²) in [6, 6.07) is 5.66.